The zero-order chi connectivity index (χ0) is 24.8. The van der Waals surface area contributed by atoms with Crippen molar-refractivity contribution in [1.29, 1.82) is 0 Å². The van der Waals surface area contributed by atoms with Crippen LogP contribution in [0.15, 0.2) is 30.3 Å². The molecule has 0 saturated carbocycles. The molecule has 3 saturated heterocycles. The van der Waals surface area contributed by atoms with Gasteiger partial charge in [0.15, 0.2) is 0 Å². The number of carbonyl (C=O) groups excluding carboxylic acids is 3. The molecule has 0 radical (unpaired) electrons. The molecule has 1 aromatic rings. The van der Waals surface area contributed by atoms with E-state index in [1.54, 1.807) is 0 Å². The number of amides is 3. The van der Waals surface area contributed by atoms with Crippen molar-refractivity contribution in [2.75, 3.05) is 13.2 Å². The number of aliphatic hydroxyl groups excluding tert-OH is 1. The molecule has 1 aromatic carbocycles. The fraction of sp³-hybridized carbons (Fsp3) is 0.654. The fourth-order valence-electron chi connectivity index (χ4n) is 6.46. The molecule has 3 unspecified atom stereocenters. The van der Waals surface area contributed by atoms with Crippen LogP contribution < -0.4 is 10.6 Å². The lowest BCUT2D eigenvalue weighted by atomic mass is 9.62. The molecule has 34 heavy (non-hydrogen) atoms. The number of nitrogens with zero attached hydrogens (tertiary/aromatic N) is 1. The Morgan fingerprint density at radius 1 is 1.24 bits per heavy atom. The Kier molecular flexibility index (Phi) is 6.50. The zero-order valence-electron chi connectivity index (χ0n) is 20.7. The predicted octanol–water partition coefficient (Wildman–Crippen LogP) is 1.78. The highest BCUT2D eigenvalue weighted by atomic mass is 16.5. The molecule has 1 spiro atoms. The van der Waals surface area contributed by atoms with Crippen LogP contribution in [0.3, 0.4) is 0 Å². The molecular weight excluding hydrogens is 434 g/mol. The van der Waals surface area contributed by atoms with Crippen LogP contribution in [0, 0.1) is 17.8 Å². The molecule has 186 valence electrons. The predicted molar refractivity (Wildman–Crippen MR) is 126 cm³/mol. The quantitative estimate of drug-likeness (QED) is 0.536. The van der Waals surface area contributed by atoms with Gasteiger partial charge in [0, 0.05) is 12.6 Å². The lowest BCUT2D eigenvalue weighted by molar-refractivity contribution is -0.151. The summed E-state index contributed by atoms with van der Waals surface area (Å²) in [6.45, 7) is 9.80. The molecule has 0 aliphatic carbocycles. The highest BCUT2D eigenvalue weighted by Gasteiger charge is 2.80. The third-order valence-corrected chi connectivity index (χ3v) is 7.96. The van der Waals surface area contributed by atoms with Gasteiger partial charge in [-0.15, -0.1) is 0 Å². The average Bonchev–Trinajstić information content (AvgIpc) is 3.30. The second kappa shape index (κ2) is 8.96. The zero-order valence-corrected chi connectivity index (χ0v) is 20.7. The van der Waals surface area contributed by atoms with Crippen molar-refractivity contribution >= 4 is 17.7 Å². The van der Waals surface area contributed by atoms with Crippen LogP contribution in [0.4, 0.5) is 0 Å². The van der Waals surface area contributed by atoms with Gasteiger partial charge in [0.2, 0.25) is 17.7 Å². The van der Waals surface area contributed by atoms with E-state index in [1.807, 2.05) is 65.0 Å². The Labute approximate surface area is 201 Å². The Morgan fingerprint density at radius 3 is 2.50 bits per heavy atom. The van der Waals surface area contributed by atoms with Gasteiger partial charge >= 0.3 is 0 Å². The number of rotatable bonds is 8. The number of aliphatic hydroxyl groups is 1. The summed E-state index contributed by atoms with van der Waals surface area (Å²) >= 11 is 0. The minimum Gasteiger partial charge on any atom is -0.394 e. The smallest absolute Gasteiger partial charge is 0.246 e. The highest BCUT2D eigenvalue weighted by molar-refractivity contribution is 5.99. The third kappa shape index (κ3) is 3.53. The lowest BCUT2D eigenvalue weighted by Gasteiger charge is -2.37. The fourth-order valence-corrected chi connectivity index (χ4v) is 6.46. The van der Waals surface area contributed by atoms with Gasteiger partial charge in [0.25, 0.3) is 0 Å². The highest BCUT2D eigenvalue weighted by Crippen LogP contribution is 2.65. The molecule has 3 fully saturated rings. The number of benzene rings is 1. The maximum atomic E-state index is 14.2. The van der Waals surface area contributed by atoms with Crippen LogP contribution in [0.2, 0.25) is 0 Å². The number of hydrogen-bond acceptors (Lipinski definition) is 5. The van der Waals surface area contributed by atoms with Gasteiger partial charge in [-0.25, -0.2) is 0 Å². The Bertz CT molecular complexity index is 953. The van der Waals surface area contributed by atoms with Crippen LogP contribution in [0.25, 0.3) is 0 Å². The van der Waals surface area contributed by atoms with E-state index in [4.69, 9.17) is 4.74 Å². The van der Waals surface area contributed by atoms with Crippen LogP contribution in [0.1, 0.15) is 59.1 Å². The molecule has 3 amide bonds. The first-order valence-corrected chi connectivity index (χ1v) is 12.4. The molecule has 3 N–H and O–H groups in total. The molecule has 8 nitrogen and oxygen atoms in total. The van der Waals surface area contributed by atoms with Crippen molar-refractivity contribution in [2.24, 2.45) is 17.8 Å². The number of fused-ring (bicyclic) bond motifs is 1. The van der Waals surface area contributed by atoms with E-state index in [2.05, 4.69) is 10.6 Å². The Hall–Kier alpha value is -2.45. The SMILES string of the molecule is CCCNC(=O)[C@H]1[C@H]2C(=O)N([C@H](CO)c3ccccc3)C(C(=O)NC(C)C)C23CC(C)[C@]1(C)O3. The summed E-state index contributed by atoms with van der Waals surface area (Å²) in [6.07, 6.45) is 1.28. The summed E-state index contributed by atoms with van der Waals surface area (Å²) in [7, 11) is 0. The van der Waals surface area contributed by atoms with Crippen molar-refractivity contribution < 1.29 is 24.2 Å². The topological polar surface area (TPSA) is 108 Å². The third-order valence-electron chi connectivity index (χ3n) is 7.96. The maximum absolute atomic E-state index is 14.2. The minimum absolute atomic E-state index is 0.0208. The van der Waals surface area contributed by atoms with E-state index < -0.39 is 35.1 Å². The van der Waals surface area contributed by atoms with Crippen LogP contribution in [-0.4, -0.2) is 64.2 Å². The van der Waals surface area contributed by atoms with Crippen molar-refractivity contribution in [1.82, 2.24) is 15.5 Å². The summed E-state index contributed by atoms with van der Waals surface area (Å²) in [5, 5.41) is 16.3. The molecule has 0 aromatic heterocycles. The van der Waals surface area contributed by atoms with Gasteiger partial charge in [-0.3, -0.25) is 14.4 Å². The van der Waals surface area contributed by atoms with Crippen molar-refractivity contribution in [2.45, 2.75) is 76.8 Å². The average molecular weight is 472 g/mol. The van der Waals surface area contributed by atoms with Crippen molar-refractivity contribution in [3.05, 3.63) is 35.9 Å². The lowest BCUT2D eigenvalue weighted by Crippen LogP contribution is -2.57. The van der Waals surface area contributed by atoms with Gasteiger partial charge in [-0.2, -0.15) is 0 Å². The number of nitrogens with one attached hydrogen (secondary N) is 2. The Balaban J connectivity index is 1.84. The van der Waals surface area contributed by atoms with Gasteiger partial charge in [-0.05, 0) is 45.1 Å². The van der Waals surface area contributed by atoms with E-state index in [9.17, 15) is 19.5 Å². The van der Waals surface area contributed by atoms with E-state index in [0.29, 0.717) is 13.0 Å². The first-order chi connectivity index (χ1) is 16.1. The number of carbonyl (C=O) groups is 3. The van der Waals surface area contributed by atoms with Crippen LogP contribution in [0.5, 0.6) is 0 Å². The Morgan fingerprint density at radius 2 is 1.91 bits per heavy atom. The summed E-state index contributed by atoms with van der Waals surface area (Å²) in [5.41, 5.74) is -1.24. The van der Waals surface area contributed by atoms with Crippen LogP contribution >= 0.6 is 0 Å². The second-order valence-electron chi connectivity index (χ2n) is 10.5. The molecule has 3 aliphatic heterocycles. The summed E-state index contributed by atoms with van der Waals surface area (Å²) in [5.74, 6) is -2.34. The summed E-state index contributed by atoms with van der Waals surface area (Å²) in [6, 6.07) is 7.41. The molecule has 8 heteroatoms. The maximum Gasteiger partial charge on any atom is 0.246 e. The number of hydrogen-bond donors (Lipinski definition) is 3. The summed E-state index contributed by atoms with van der Waals surface area (Å²) in [4.78, 5) is 42.7. The second-order valence-corrected chi connectivity index (χ2v) is 10.5. The molecule has 7 atom stereocenters. The van der Waals surface area contributed by atoms with E-state index >= 15 is 0 Å². The van der Waals surface area contributed by atoms with E-state index in [1.165, 1.54) is 4.90 Å². The first kappa shape index (κ1) is 24.7. The van der Waals surface area contributed by atoms with Gasteiger partial charge < -0.3 is 25.4 Å². The van der Waals surface area contributed by atoms with Gasteiger partial charge in [-0.1, -0.05) is 44.2 Å². The molecular formula is C26H37N3O5. The number of likely N-dealkylation sites (tertiary alicyclic amines) is 1. The normalized spacial score (nSPS) is 34.9. The minimum atomic E-state index is -1.12. The first-order valence-electron chi connectivity index (χ1n) is 12.4. The van der Waals surface area contributed by atoms with Crippen molar-refractivity contribution in [3.63, 3.8) is 0 Å². The molecule has 2 bridgehead atoms. The van der Waals surface area contributed by atoms with E-state index in [-0.39, 0.29) is 36.3 Å². The largest absolute Gasteiger partial charge is 0.394 e. The van der Waals surface area contributed by atoms with Crippen molar-refractivity contribution in [3.8, 4) is 0 Å². The molecule has 3 aliphatic rings. The molecule has 4 rings (SSSR count). The number of ether oxygens (including phenoxy) is 1. The standard InChI is InChI=1S/C26H37N3O5/c1-6-12-27-22(31)19-20-24(33)29(18(14-30)17-10-8-7-9-11-17)21(23(32)28-15(2)3)26(20)13-16(4)25(19,5)34-26/h7-11,15-16,18-21,30H,6,12-14H2,1-5H3,(H,27,31)(H,28,32)/t16?,18-,19-,20+,21?,25+,26?/m1/s1. The van der Waals surface area contributed by atoms with Gasteiger partial charge in [0.05, 0.1) is 30.1 Å². The van der Waals surface area contributed by atoms with Gasteiger partial charge in [0.1, 0.15) is 11.6 Å². The van der Waals surface area contributed by atoms with Crippen LogP contribution in [-0.2, 0) is 19.1 Å². The van der Waals surface area contributed by atoms with E-state index in [0.717, 1.165) is 12.0 Å². The monoisotopic (exact) mass is 471 g/mol. The molecule has 3 heterocycles. The summed E-state index contributed by atoms with van der Waals surface area (Å²) < 4.78 is 6.68.